The second-order valence-corrected chi connectivity index (χ2v) is 4.42. The van der Waals surface area contributed by atoms with Gasteiger partial charge in [-0.2, -0.15) is 0 Å². The number of methoxy groups -OCH3 is 2. The van der Waals surface area contributed by atoms with E-state index in [2.05, 4.69) is 9.55 Å². The Morgan fingerprint density at radius 3 is 2.78 bits per heavy atom. The minimum Gasteiger partial charge on any atom is -0.494 e. The number of nitrogens with zero attached hydrogens (tertiary/aromatic N) is 2. The molecule has 0 bridgehead atoms. The summed E-state index contributed by atoms with van der Waals surface area (Å²) in [5.41, 5.74) is 2.21. The van der Waals surface area contributed by atoms with Crippen molar-refractivity contribution >= 4 is 17.0 Å². The molecule has 0 amide bonds. The largest absolute Gasteiger partial charge is 0.494 e. The van der Waals surface area contributed by atoms with Crippen molar-refractivity contribution in [3.05, 3.63) is 24.0 Å². The Morgan fingerprint density at radius 2 is 2.17 bits per heavy atom. The van der Waals surface area contributed by atoms with E-state index in [4.69, 9.17) is 9.47 Å². The van der Waals surface area contributed by atoms with Crippen molar-refractivity contribution in [2.24, 2.45) is 0 Å². The molecule has 1 heterocycles. The summed E-state index contributed by atoms with van der Waals surface area (Å²) in [6.07, 6.45) is 4.14. The lowest BCUT2D eigenvalue weighted by Crippen LogP contribution is -2.02. The lowest BCUT2D eigenvalue weighted by atomic mass is 10.2. The number of aromatic nitrogens is 2. The molecule has 1 aliphatic carbocycles. The highest BCUT2D eigenvalue weighted by Crippen LogP contribution is 2.38. The molecule has 0 atom stereocenters. The lowest BCUT2D eigenvalue weighted by Gasteiger charge is -2.07. The smallest absolute Gasteiger partial charge is 0.338 e. The van der Waals surface area contributed by atoms with Gasteiger partial charge in [-0.25, -0.2) is 9.78 Å². The Hall–Kier alpha value is -2.04. The van der Waals surface area contributed by atoms with Gasteiger partial charge in [0.05, 0.1) is 31.6 Å². The van der Waals surface area contributed by atoms with Gasteiger partial charge >= 0.3 is 5.97 Å². The first-order chi connectivity index (χ1) is 8.74. The van der Waals surface area contributed by atoms with E-state index in [1.54, 1.807) is 13.2 Å². The number of esters is 1. The Bertz CT molecular complexity index is 614. The van der Waals surface area contributed by atoms with Gasteiger partial charge in [-0.15, -0.1) is 0 Å². The Morgan fingerprint density at radius 1 is 1.39 bits per heavy atom. The van der Waals surface area contributed by atoms with Gasteiger partial charge in [-0.3, -0.25) is 0 Å². The van der Waals surface area contributed by atoms with Crippen LogP contribution in [-0.4, -0.2) is 29.7 Å². The molecule has 1 aromatic carbocycles. The third-order valence-corrected chi connectivity index (χ3v) is 3.23. The van der Waals surface area contributed by atoms with Crippen LogP contribution in [0.2, 0.25) is 0 Å². The van der Waals surface area contributed by atoms with Gasteiger partial charge in [0.1, 0.15) is 11.3 Å². The number of carbonyl (C=O) groups is 1. The van der Waals surface area contributed by atoms with Gasteiger partial charge in [0.25, 0.3) is 0 Å². The number of fused-ring (bicyclic) bond motifs is 1. The maximum absolute atomic E-state index is 11.6. The molecular weight excluding hydrogens is 232 g/mol. The van der Waals surface area contributed by atoms with Gasteiger partial charge in [0.2, 0.25) is 0 Å². The highest BCUT2D eigenvalue weighted by Gasteiger charge is 2.26. The average molecular weight is 246 g/mol. The summed E-state index contributed by atoms with van der Waals surface area (Å²) in [4.78, 5) is 16.0. The number of hydrogen-bond donors (Lipinski definition) is 0. The summed E-state index contributed by atoms with van der Waals surface area (Å²) < 4.78 is 12.1. The van der Waals surface area contributed by atoms with Crippen molar-refractivity contribution in [2.45, 2.75) is 18.9 Å². The molecular formula is C13H14N2O3. The summed E-state index contributed by atoms with van der Waals surface area (Å²) in [5.74, 6) is 0.242. The quantitative estimate of drug-likeness (QED) is 0.779. The summed E-state index contributed by atoms with van der Waals surface area (Å²) >= 11 is 0. The Kier molecular flexibility index (Phi) is 2.47. The maximum Gasteiger partial charge on any atom is 0.338 e. The molecule has 2 aromatic rings. The number of carbonyl (C=O) groups excluding carboxylic acids is 1. The Balaban J connectivity index is 2.21. The van der Waals surface area contributed by atoms with Crippen LogP contribution in [0.25, 0.3) is 11.0 Å². The molecule has 1 aliphatic rings. The Labute approximate surface area is 104 Å². The van der Waals surface area contributed by atoms with Crippen molar-refractivity contribution in [1.29, 1.82) is 0 Å². The maximum atomic E-state index is 11.6. The van der Waals surface area contributed by atoms with Gasteiger partial charge in [-0.05, 0) is 25.0 Å². The monoisotopic (exact) mass is 246 g/mol. The molecule has 0 saturated heterocycles. The first-order valence-corrected chi connectivity index (χ1v) is 5.87. The molecule has 5 heteroatoms. The van der Waals surface area contributed by atoms with Crippen LogP contribution in [0.15, 0.2) is 18.5 Å². The minimum absolute atomic E-state index is 0.362. The first kappa shape index (κ1) is 11.1. The van der Waals surface area contributed by atoms with Gasteiger partial charge in [-0.1, -0.05) is 0 Å². The molecule has 0 aliphatic heterocycles. The summed E-state index contributed by atoms with van der Waals surface area (Å²) in [6.45, 7) is 0. The third kappa shape index (κ3) is 1.63. The van der Waals surface area contributed by atoms with Gasteiger partial charge < -0.3 is 14.0 Å². The van der Waals surface area contributed by atoms with Gasteiger partial charge in [0, 0.05) is 6.04 Å². The predicted octanol–water partition coefficient (Wildman–Crippen LogP) is 2.17. The SMILES string of the molecule is COC(=O)c1cc(OC)c2ncn(C3CC3)c2c1. The second kappa shape index (κ2) is 4.01. The highest BCUT2D eigenvalue weighted by molar-refractivity contribution is 5.96. The molecule has 1 fully saturated rings. The average Bonchev–Trinajstić information content (AvgIpc) is 3.16. The fraction of sp³-hybridized carbons (Fsp3) is 0.385. The topological polar surface area (TPSA) is 53.4 Å². The predicted molar refractivity (Wildman–Crippen MR) is 65.9 cm³/mol. The van der Waals surface area contributed by atoms with Crippen molar-refractivity contribution in [2.75, 3.05) is 14.2 Å². The number of benzene rings is 1. The van der Waals surface area contributed by atoms with Crippen LogP contribution in [0, 0.1) is 0 Å². The standard InChI is InChI=1S/C13H14N2O3/c1-17-11-6-8(13(16)18-2)5-10-12(11)14-7-15(10)9-3-4-9/h5-7,9H,3-4H2,1-2H3. The van der Waals surface area contributed by atoms with E-state index in [1.165, 1.54) is 7.11 Å². The molecule has 1 aromatic heterocycles. The van der Waals surface area contributed by atoms with Crippen molar-refractivity contribution in [1.82, 2.24) is 9.55 Å². The molecule has 5 nitrogen and oxygen atoms in total. The van der Waals surface area contributed by atoms with Crippen LogP contribution in [-0.2, 0) is 4.74 Å². The molecule has 18 heavy (non-hydrogen) atoms. The highest BCUT2D eigenvalue weighted by atomic mass is 16.5. The normalized spacial score (nSPS) is 14.8. The zero-order valence-electron chi connectivity index (χ0n) is 10.3. The molecule has 1 saturated carbocycles. The van der Waals surface area contributed by atoms with E-state index in [9.17, 15) is 4.79 Å². The molecule has 0 spiro atoms. The third-order valence-electron chi connectivity index (χ3n) is 3.23. The number of ether oxygens (including phenoxy) is 2. The first-order valence-electron chi connectivity index (χ1n) is 5.87. The van der Waals surface area contributed by atoms with Crippen LogP contribution in [0.5, 0.6) is 5.75 Å². The summed E-state index contributed by atoms with van der Waals surface area (Å²) in [7, 11) is 2.95. The fourth-order valence-electron chi connectivity index (χ4n) is 2.14. The molecule has 94 valence electrons. The van der Waals surface area contributed by atoms with E-state index in [0.29, 0.717) is 17.4 Å². The van der Waals surface area contributed by atoms with Crippen molar-refractivity contribution < 1.29 is 14.3 Å². The van der Waals surface area contributed by atoms with E-state index >= 15 is 0 Å². The van der Waals surface area contributed by atoms with Crippen molar-refractivity contribution in [3.63, 3.8) is 0 Å². The van der Waals surface area contributed by atoms with Crippen molar-refractivity contribution in [3.8, 4) is 5.75 Å². The second-order valence-electron chi connectivity index (χ2n) is 4.42. The minimum atomic E-state index is -0.362. The van der Waals surface area contributed by atoms with Crippen LogP contribution < -0.4 is 4.74 Å². The van der Waals surface area contributed by atoms with Crippen LogP contribution >= 0.6 is 0 Å². The summed E-state index contributed by atoms with van der Waals surface area (Å²) in [6, 6.07) is 3.99. The number of imidazole rings is 1. The lowest BCUT2D eigenvalue weighted by molar-refractivity contribution is 0.0600. The zero-order chi connectivity index (χ0) is 12.7. The van der Waals surface area contributed by atoms with Gasteiger partial charge in [0.15, 0.2) is 0 Å². The van der Waals surface area contributed by atoms with E-state index < -0.39 is 0 Å². The van der Waals surface area contributed by atoms with Crippen LogP contribution in [0.1, 0.15) is 29.2 Å². The van der Waals surface area contributed by atoms with Crippen LogP contribution in [0.4, 0.5) is 0 Å². The summed E-state index contributed by atoms with van der Waals surface area (Å²) in [5, 5.41) is 0. The van der Waals surface area contributed by atoms with Crippen LogP contribution in [0.3, 0.4) is 0 Å². The zero-order valence-corrected chi connectivity index (χ0v) is 10.3. The molecule has 3 rings (SSSR count). The van der Waals surface area contributed by atoms with E-state index in [0.717, 1.165) is 23.9 Å². The fourth-order valence-corrected chi connectivity index (χ4v) is 2.14. The number of hydrogen-bond acceptors (Lipinski definition) is 4. The molecule has 0 N–H and O–H groups in total. The van der Waals surface area contributed by atoms with E-state index in [-0.39, 0.29) is 5.97 Å². The van der Waals surface area contributed by atoms with E-state index in [1.807, 2.05) is 12.4 Å². The molecule has 0 unspecified atom stereocenters. The molecule has 0 radical (unpaired) electrons. The number of rotatable bonds is 3.